The van der Waals surface area contributed by atoms with Crippen LogP contribution in [-0.2, 0) is 0 Å². The fourth-order valence-corrected chi connectivity index (χ4v) is 5.15. The minimum atomic E-state index is 0.335. The van der Waals surface area contributed by atoms with Crippen molar-refractivity contribution >= 4 is 18.8 Å². The van der Waals surface area contributed by atoms with E-state index in [1.54, 1.807) is 0 Å². The van der Waals surface area contributed by atoms with E-state index in [1.807, 2.05) is 6.08 Å². The third-order valence-corrected chi connectivity index (χ3v) is 6.92. The first-order valence-corrected chi connectivity index (χ1v) is 12.1. The van der Waals surface area contributed by atoms with Crippen molar-refractivity contribution in [3.8, 4) is 22.3 Å². The molecule has 34 heavy (non-hydrogen) atoms. The van der Waals surface area contributed by atoms with Crippen molar-refractivity contribution in [1.82, 2.24) is 0 Å². The van der Waals surface area contributed by atoms with Crippen LogP contribution in [-0.4, -0.2) is 7.28 Å². The molecule has 0 N–H and O–H groups in total. The average Bonchev–Trinajstić information content (AvgIpc) is 2.81. The molecule has 1 atom stereocenters. The lowest BCUT2D eigenvalue weighted by atomic mass is 9.54. The minimum Gasteiger partial charge on any atom is -0.0985 e. The van der Waals surface area contributed by atoms with Crippen LogP contribution in [0.4, 0.5) is 0 Å². The van der Waals surface area contributed by atoms with Gasteiger partial charge in [-0.15, -0.1) is 0 Å². The largest absolute Gasteiger partial charge is 0.160 e. The summed E-state index contributed by atoms with van der Waals surface area (Å²) < 4.78 is 0. The Balaban J connectivity index is 1.61. The number of aryl methyl sites for hydroxylation is 5. The van der Waals surface area contributed by atoms with Crippen LogP contribution in [0.15, 0.2) is 79.4 Å². The maximum atomic E-state index is 3.86. The molecule has 1 unspecified atom stereocenters. The van der Waals surface area contributed by atoms with E-state index < -0.39 is 0 Å². The van der Waals surface area contributed by atoms with Gasteiger partial charge in [-0.2, -0.15) is 0 Å². The first-order chi connectivity index (χ1) is 16.3. The van der Waals surface area contributed by atoms with Gasteiger partial charge in [-0.3, -0.25) is 0 Å². The normalized spacial score (nSPS) is 11.8. The van der Waals surface area contributed by atoms with Gasteiger partial charge in [0.05, 0.1) is 0 Å². The molecule has 0 nitrogen and oxygen atoms in total. The predicted octanol–water partition coefficient (Wildman–Crippen LogP) is 8.30. The molecule has 0 aliphatic rings. The number of rotatable bonds is 6. The average molecular weight is 441 g/mol. The molecule has 0 heterocycles. The predicted molar refractivity (Wildman–Crippen MR) is 151 cm³/mol. The van der Waals surface area contributed by atoms with Crippen LogP contribution < -0.4 is 5.46 Å². The standard InChI is InChI=1S/C33H34B/c1-8-27-11-15-29(16-12-27)31-19-24(5)33(25(6)20-31)34-26(7)32-22(3)17-30(18-23(32)4)28-13-9-21(2)10-14-28/h8-20,26H,1H2,2-7H3. The minimum absolute atomic E-state index is 0.335. The summed E-state index contributed by atoms with van der Waals surface area (Å²) in [5.74, 6) is 0.335. The zero-order valence-electron chi connectivity index (χ0n) is 21.4. The summed E-state index contributed by atoms with van der Waals surface area (Å²) in [6.07, 6.45) is 1.89. The molecule has 0 aliphatic carbocycles. The molecular formula is C33H34B. The van der Waals surface area contributed by atoms with Crippen molar-refractivity contribution in [2.24, 2.45) is 0 Å². The van der Waals surface area contributed by atoms with Crippen LogP contribution in [0.25, 0.3) is 28.3 Å². The lowest BCUT2D eigenvalue weighted by molar-refractivity contribution is 1.02. The van der Waals surface area contributed by atoms with Gasteiger partial charge in [0.15, 0.2) is 7.28 Å². The molecule has 169 valence electrons. The highest BCUT2D eigenvalue weighted by Gasteiger charge is 2.18. The maximum absolute atomic E-state index is 3.86. The van der Waals surface area contributed by atoms with Crippen LogP contribution in [0.3, 0.4) is 0 Å². The Morgan fingerprint density at radius 2 is 1.06 bits per heavy atom. The Bertz CT molecular complexity index is 1280. The Morgan fingerprint density at radius 1 is 0.618 bits per heavy atom. The smallest absolute Gasteiger partial charge is 0.0985 e. The van der Waals surface area contributed by atoms with E-state index in [1.165, 1.54) is 61.1 Å². The van der Waals surface area contributed by atoms with Crippen LogP contribution in [0.2, 0.25) is 0 Å². The summed E-state index contributed by atoms with van der Waals surface area (Å²) in [5, 5.41) is 0. The lowest BCUT2D eigenvalue weighted by Gasteiger charge is -2.21. The molecule has 4 aromatic rings. The van der Waals surface area contributed by atoms with E-state index in [9.17, 15) is 0 Å². The van der Waals surface area contributed by atoms with Gasteiger partial charge >= 0.3 is 0 Å². The Kier molecular flexibility index (Phi) is 6.93. The lowest BCUT2D eigenvalue weighted by Crippen LogP contribution is -2.26. The van der Waals surface area contributed by atoms with E-state index in [4.69, 9.17) is 0 Å². The van der Waals surface area contributed by atoms with Crippen LogP contribution in [0.1, 0.15) is 51.7 Å². The summed E-state index contributed by atoms with van der Waals surface area (Å²) in [4.78, 5) is 0. The van der Waals surface area contributed by atoms with E-state index >= 15 is 0 Å². The highest BCUT2D eigenvalue weighted by atomic mass is 14.1. The summed E-state index contributed by atoms with van der Waals surface area (Å²) in [6.45, 7) is 17.3. The zero-order chi connectivity index (χ0) is 24.4. The SMILES string of the molecule is C=Cc1ccc(-c2cc(C)c([B]C(C)c3c(C)cc(-c4ccc(C)cc4)cc3C)c(C)c2)cc1. The molecule has 4 rings (SSSR count). The first kappa shape index (κ1) is 23.8. The van der Waals surface area contributed by atoms with Gasteiger partial charge in [0.1, 0.15) is 0 Å². The molecule has 0 saturated carbocycles. The number of benzene rings is 4. The van der Waals surface area contributed by atoms with Gasteiger partial charge in [-0.05, 0) is 84.9 Å². The molecule has 0 bridgehead atoms. The Morgan fingerprint density at radius 3 is 1.53 bits per heavy atom. The van der Waals surface area contributed by atoms with Crippen molar-refractivity contribution in [3.05, 3.63) is 118 Å². The van der Waals surface area contributed by atoms with Gasteiger partial charge in [0, 0.05) is 0 Å². The highest BCUT2D eigenvalue weighted by molar-refractivity contribution is 6.56. The summed E-state index contributed by atoms with van der Waals surface area (Å²) >= 11 is 0. The monoisotopic (exact) mass is 441 g/mol. The molecule has 0 aliphatic heterocycles. The van der Waals surface area contributed by atoms with Gasteiger partial charge in [0.25, 0.3) is 0 Å². The molecule has 1 radical (unpaired) electrons. The third kappa shape index (κ3) is 4.94. The third-order valence-electron chi connectivity index (χ3n) is 6.92. The van der Waals surface area contributed by atoms with Gasteiger partial charge in [-0.25, -0.2) is 0 Å². The highest BCUT2D eigenvalue weighted by Crippen LogP contribution is 2.30. The maximum Gasteiger partial charge on any atom is 0.160 e. The fourth-order valence-electron chi connectivity index (χ4n) is 5.15. The topological polar surface area (TPSA) is 0 Å². The van der Waals surface area contributed by atoms with Gasteiger partial charge in [-0.1, -0.05) is 115 Å². The molecule has 4 aromatic carbocycles. The quantitative estimate of drug-likeness (QED) is 0.264. The van der Waals surface area contributed by atoms with Crippen LogP contribution >= 0.6 is 0 Å². The van der Waals surface area contributed by atoms with Crippen molar-refractivity contribution < 1.29 is 0 Å². The number of hydrogen-bond donors (Lipinski definition) is 0. The first-order valence-electron chi connectivity index (χ1n) is 12.1. The van der Waals surface area contributed by atoms with E-state index in [0.717, 1.165) is 5.56 Å². The van der Waals surface area contributed by atoms with E-state index in [2.05, 4.69) is 128 Å². The van der Waals surface area contributed by atoms with Crippen molar-refractivity contribution in [3.63, 3.8) is 0 Å². The second-order valence-corrected chi connectivity index (χ2v) is 9.69. The van der Waals surface area contributed by atoms with Crippen LogP contribution in [0.5, 0.6) is 0 Å². The molecule has 0 aromatic heterocycles. The molecule has 0 fully saturated rings. The molecule has 0 saturated heterocycles. The summed E-state index contributed by atoms with van der Waals surface area (Å²) in [6, 6.07) is 26.7. The zero-order valence-corrected chi connectivity index (χ0v) is 21.4. The second kappa shape index (κ2) is 9.89. The molecule has 0 spiro atoms. The summed E-state index contributed by atoms with van der Waals surface area (Å²) in [7, 11) is 2.44. The molecule has 1 heteroatoms. The fraction of sp³-hybridized carbons (Fsp3) is 0.212. The van der Waals surface area contributed by atoms with Crippen LogP contribution in [0, 0.1) is 34.6 Å². The Labute approximate surface area is 206 Å². The van der Waals surface area contributed by atoms with E-state index in [-0.39, 0.29) is 0 Å². The molecular weight excluding hydrogens is 407 g/mol. The van der Waals surface area contributed by atoms with Crippen molar-refractivity contribution in [2.45, 2.75) is 47.4 Å². The van der Waals surface area contributed by atoms with Gasteiger partial charge in [0.2, 0.25) is 0 Å². The summed E-state index contributed by atoms with van der Waals surface area (Å²) in [5.41, 5.74) is 15.7. The molecule has 0 amide bonds. The van der Waals surface area contributed by atoms with Gasteiger partial charge < -0.3 is 0 Å². The van der Waals surface area contributed by atoms with Crippen molar-refractivity contribution in [2.75, 3.05) is 0 Å². The van der Waals surface area contributed by atoms with Crippen molar-refractivity contribution in [1.29, 1.82) is 0 Å². The Hall–Kier alpha value is -3.32. The second-order valence-electron chi connectivity index (χ2n) is 9.69. The van der Waals surface area contributed by atoms with E-state index in [0.29, 0.717) is 5.82 Å². The number of hydrogen-bond acceptors (Lipinski definition) is 0.